The topological polar surface area (TPSA) is 91.6 Å². The fraction of sp³-hybridized carbons (Fsp3) is 0.500. The standard InChI is InChI=1S/C20H32N6O2S/c1-6-25(29(5,27)28)13-9-12-22-20(21-4)23-15-18-10-7-8-11-19(18)26-17(3)14-16(2)24-26/h7-8,10-11,14H,6,9,12-13,15H2,1-5H3,(H2,21,22,23). The van der Waals surface area contributed by atoms with Gasteiger partial charge in [0.25, 0.3) is 0 Å². The number of para-hydroxylation sites is 1. The number of aromatic nitrogens is 2. The lowest BCUT2D eigenvalue weighted by Crippen LogP contribution is -2.39. The van der Waals surface area contributed by atoms with Crippen LogP contribution < -0.4 is 10.6 Å². The van der Waals surface area contributed by atoms with Crippen LogP contribution in [0.2, 0.25) is 0 Å². The zero-order chi connectivity index (χ0) is 21.4. The molecule has 0 amide bonds. The van der Waals surface area contributed by atoms with Crippen molar-refractivity contribution in [3.63, 3.8) is 0 Å². The fourth-order valence-electron chi connectivity index (χ4n) is 3.16. The van der Waals surface area contributed by atoms with Crippen molar-refractivity contribution in [3.8, 4) is 5.69 Å². The molecule has 0 radical (unpaired) electrons. The molecular formula is C20H32N6O2S. The minimum absolute atomic E-state index is 0.481. The molecule has 0 saturated carbocycles. The van der Waals surface area contributed by atoms with Crippen LogP contribution in [-0.4, -0.2) is 61.4 Å². The molecule has 0 aliphatic carbocycles. The Bertz CT molecular complexity index is 936. The second kappa shape index (κ2) is 10.4. The molecule has 1 aromatic heterocycles. The molecule has 2 rings (SSSR count). The van der Waals surface area contributed by atoms with Gasteiger partial charge < -0.3 is 10.6 Å². The molecule has 9 heteroatoms. The van der Waals surface area contributed by atoms with Gasteiger partial charge in [-0.3, -0.25) is 4.99 Å². The predicted octanol–water partition coefficient (Wildman–Crippen LogP) is 1.83. The van der Waals surface area contributed by atoms with Crippen LogP contribution in [0.5, 0.6) is 0 Å². The number of sulfonamides is 1. The zero-order valence-electron chi connectivity index (χ0n) is 17.9. The highest BCUT2D eigenvalue weighted by molar-refractivity contribution is 7.88. The lowest BCUT2D eigenvalue weighted by Gasteiger charge is -2.18. The minimum Gasteiger partial charge on any atom is -0.356 e. The Labute approximate surface area is 174 Å². The van der Waals surface area contributed by atoms with Crippen LogP contribution in [0.1, 0.15) is 30.3 Å². The summed E-state index contributed by atoms with van der Waals surface area (Å²) in [6, 6.07) is 10.2. The summed E-state index contributed by atoms with van der Waals surface area (Å²) in [6.45, 7) is 8.06. The van der Waals surface area contributed by atoms with Crippen LogP contribution in [0.4, 0.5) is 0 Å². The normalized spacial score (nSPS) is 12.4. The molecule has 0 spiro atoms. The van der Waals surface area contributed by atoms with Gasteiger partial charge >= 0.3 is 0 Å². The number of nitrogens with one attached hydrogen (secondary N) is 2. The van der Waals surface area contributed by atoms with Gasteiger partial charge in [-0.2, -0.15) is 5.10 Å². The van der Waals surface area contributed by atoms with Gasteiger partial charge in [-0.1, -0.05) is 25.1 Å². The Morgan fingerprint density at radius 1 is 1.24 bits per heavy atom. The Morgan fingerprint density at radius 3 is 2.55 bits per heavy atom. The summed E-state index contributed by atoms with van der Waals surface area (Å²) in [5, 5.41) is 11.1. The molecule has 1 aromatic carbocycles. The predicted molar refractivity (Wildman–Crippen MR) is 118 cm³/mol. The summed E-state index contributed by atoms with van der Waals surface area (Å²) in [6.07, 6.45) is 1.94. The molecule has 160 valence electrons. The minimum atomic E-state index is -3.15. The third kappa shape index (κ3) is 6.57. The lowest BCUT2D eigenvalue weighted by atomic mass is 10.1. The monoisotopic (exact) mass is 420 g/mol. The van der Waals surface area contributed by atoms with E-state index < -0.39 is 10.0 Å². The third-order valence-electron chi connectivity index (χ3n) is 4.60. The quantitative estimate of drug-likeness (QED) is 0.367. The summed E-state index contributed by atoms with van der Waals surface area (Å²) in [5.74, 6) is 0.676. The van der Waals surface area contributed by atoms with Crippen molar-refractivity contribution in [3.05, 3.63) is 47.3 Å². The van der Waals surface area contributed by atoms with Gasteiger partial charge in [-0.05, 0) is 38.0 Å². The molecule has 0 unspecified atom stereocenters. The molecule has 1 heterocycles. The molecule has 8 nitrogen and oxygen atoms in total. The average Bonchev–Trinajstić information content (AvgIpc) is 3.01. The van der Waals surface area contributed by atoms with Crippen molar-refractivity contribution >= 4 is 16.0 Å². The molecule has 0 bridgehead atoms. The molecule has 0 atom stereocenters. The highest BCUT2D eigenvalue weighted by atomic mass is 32.2. The van der Waals surface area contributed by atoms with E-state index in [2.05, 4.69) is 38.9 Å². The van der Waals surface area contributed by atoms with E-state index in [1.807, 2.05) is 37.6 Å². The first-order chi connectivity index (χ1) is 13.8. The van der Waals surface area contributed by atoms with Gasteiger partial charge in [0.1, 0.15) is 0 Å². The number of guanidine groups is 1. The van der Waals surface area contributed by atoms with Crippen LogP contribution in [-0.2, 0) is 16.6 Å². The van der Waals surface area contributed by atoms with Gasteiger partial charge in [0, 0.05) is 38.9 Å². The first-order valence-corrected chi connectivity index (χ1v) is 11.6. The van der Waals surface area contributed by atoms with Crippen LogP contribution >= 0.6 is 0 Å². The van der Waals surface area contributed by atoms with Crippen LogP contribution in [0.25, 0.3) is 5.69 Å². The number of aryl methyl sites for hydroxylation is 2. The summed E-state index contributed by atoms with van der Waals surface area (Å²) in [4.78, 5) is 4.25. The van der Waals surface area contributed by atoms with E-state index in [9.17, 15) is 8.42 Å². The second-order valence-corrected chi connectivity index (χ2v) is 8.91. The van der Waals surface area contributed by atoms with Crippen molar-refractivity contribution in [1.82, 2.24) is 24.7 Å². The maximum Gasteiger partial charge on any atom is 0.211 e. The molecule has 0 saturated heterocycles. The summed E-state index contributed by atoms with van der Waals surface area (Å²) >= 11 is 0. The van der Waals surface area contributed by atoms with E-state index in [1.54, 1.807) is 7.05 Å². The van der Waals surface area contributed by atoms with E-state index in [0.29, 0.717) is 38.6 Å². The Balaban J connectivity index is 1.93. The van der Waals surface area contributed by atoms with Gasteiger partial charge in [0.15, 0.2) is 5.96 Å². The van der Waals surface area contributed by atoms with E-state index in [0.717, 1.165) is 22.6 Å². The van der Waals surface area contributed by atoms with Gasteiger partial charge in [0.2, 0.25) is 10.0 Å². The lowest BCUT2D eigenvalue weighted by molar-refractivity contribution is 0.424. The average molecular weight is 421 g/mol. The smallest absolute Gasteiger partial charge is 0.211 e. The molecular weight excluding hydrogens is 388 g/mol. The molecule has 0 aliphatic rings. The number of hydrogen-bond donors (Lipinski definition) is 2. The maximum absolute atomic E-state index is 11.6. The van der Waals surface area contributed by atoms with Crippen LogP contribution in [0, 0.1) is 13.8 Å². The third-order valence-corrected chi connectivity index (χ3v) is 5.98. The molecule has 0 fully saturated rings. The number of aliphatic imine (C=N–C) groups is 1. The number of nitrogens with zero attached hydrogens (tertiary/aromatic N) is 4. The molecule has 2 aromatic rings. The highest BCUT2D eigenvalue weighted by Crippen LogP contribution is 2.16. The van der Waals surface area contributed by atoms with Crippen LogP contribution in [0.3, 0.4) is 0 Å². The van der Waals surface area contributed by atoms with Crippen molar-refractivity contribution < 1.29 is 8.42 Å². The zero-order valence-corrected chi connectivity index (χ0v) is 18.8. The van der Waals surface area contributed by atoms with Crippen molar-refractivity contribution in [1.29, 1.82) is 0 Å². The Morgan fingerprint density at radius 2 is 1.97 bits per heavy atom. The number of rotatable bonds is 9. The summed E-state index contributed by atoms with van der Waals surface area (Å²) in [7, 11) is -1.43. The fourth-order valence-corrected chi connectivity index (χ4v) is 4.09. The Hall–Kier alpha value is -2.39. The maximum atomic E-state index is 11.6. The van der Waals surface area contributed by atoms with Gasteiger partial charge in [-0.15, -0.1) is 0 Å². The summed E-state index contributed by atoms with van der Waals surface area (Å²) in [5.41, 5.74) is 4.21. The Kier molecular flexibility index (Phi) is 8.21. The SMILES string of the molecule is CCN(CCCNC(=NC)NCc1ccccc1-n1nc(C)cc1C)S(C)(=O)=O. The van der Waals surface area contributed by atoms with E-state index in [-0.39, 0.29) is 0 Å². The molecule has 2 N–H and O–H groups in total. The van der Waals surface area contributed by atoms with E-state index in [4.69, 9.17) is 0 Å². The van der Waals surface area contributed by atoms with Crippen molar-refractivity contribution in [2.24, 2.45) is 4.99 Å². The van der Waals surface area contributed by atoms with Crippen molar-refractivity contribution in [2.45, 2.75) is 33.7 Å². The second-order valence-electron chi connectivity index (χ2n) is 6.93. The molecule has 0 aliphatic heterocycles. The first-order valence-electron chi connectivity index (χ1n) is 9.77. The largest absolute Gasteiger partial charge is 0.356 e. The summed E-state index contributed by atoms with van der Waals surface area (Å²) < 4.78 is 26.7. The van der Waals surface area contributed by atoms with Crippen LogP contribution in [0.15, 0.2) is 35.3 Å². The van der Waals surface area contributed by atoms with Gasteiger partial charge in [0.05, 0.1) is 17.6 Å². The number of benzene rings is 1. The van der Waals surface area contributed by atoms with Gasteiger partial charge in [-0.25, -0.2) is 17.4 Å². The molecule has 29 heavy (non-hydrogen) atoms. The highest BCUT2D eigenvalue weighted by Gasteiger charge is 2.13. The van der Waals surface area contributed by atoms with E-state index in [1.165, 1.54) is 10.6 Å². The first kappa shape index (κ1) is 22.9. The van der Waals surface area contributed by atoms with Crippen molar-refractivity contribution in [2.75, 3.05) is 32.9 Å². The number of hydrogen-bond acceptors (Lipinski definition) is 4. The van der Waals surface area contributed by atoms with E-state index >= 15 is 0 Å².